The second-order valence-electron chi connectivity index (χ2n) is 18.1. The molecule has 6 N–H and O–H groups in total. The number of ether oxygens (including phenoxy) is 2. The molecule has 17 nitrogen and oxygen atoms in total. The standard InChI is InChI=1S/C49H54N10O7/c50-26-34-28-54-48(57-44(34)58(35-8-2-1-3-9-35)29-49-23-30-21-32(24-49)43(51)33(22-30)25-49)53-27-31-7-4-5-11-37(31)55-41(61)15-17-65-19-20-66-18-16-52-38-12-6-10-36-42(38)47(64)59(46(36)63)39-13-14-40(60)56-45(39)62/h1-12,28,30,32-33,39,43,52H,13-25,27,29,51H2,(H,55,61)(H,53,54,57)(H,56,60,62)/t30?,32-,33+,39?,43?,49?. The summed E-state index contributed by atoms with van der Waals surface area (Å²) in [4.78, 5) is 76.1. The number of nitrogens with two attached hydrogens (primary N) is 1. The summed E-state index contributed by atoms with van der Waals surface area (Å²) >= 11 is 0. The van der Waals surface area contributed by atoms with E-state index in [-0.39, 0.29) is 74.2 Å². The van der Waals surface area contributed by atoms with E-state index < -0.39 is 29.7 Å². The monoisotopic (exact) mass is 894 g/mol. The number of carbonyl (C=O) groups is 5. The Morgan fingerprint density at radius 2 is 1.64 bits per heavy atom. The number of hydrogen-bond acceptors (Lipinski definition) is 14. The van der Waals surface area contributed by atoms with Crippen molar-refractivity contribution < 1.29 is 33.4 Å². The van der Waals surface area contributed by atoms with Gasteiger partial charge in [0.1, 0.15) is 17.7 Å². The molecular formula is C49H54N10O7. The largest absolute Gasteiger partial charge is 0.382 e. The predicted octanol–water partition coefficient (Wildman–Crippen LogP) is 5.13. The summed E-state index contributed by atoms with van der Waals surface area (Å²) in [6.07, 6.45) is 7.63. The van der Waals surface area contributed by atoms with Crippen molar-refractivity contribution in [2.45, 2.75) is 70.0 Å². The maximum atomic E-state index is 13.3. The fraction of sp³-hybridized carbons (Fsp3) is 0.429. The lowest BCUT2D eigenvalue weighted by molar-refractivity contribution is -0.136. The van der Waals surface area contributed by atoms with Crippen LogP contribution in [0.1, 0.15) is 83.2 Å². The first-order valence-electron chi connectivity index (χ1n) is 22.8. The van der Waals surface area contributed by atoms with E-state index in [1.807, 2.05) is 42.5 Å². The van der Waals surface area contributed by atoms with Crippen LogP contribution in [0.2, 0.25) is 0 Å². The molecule has 66 heavy (non-hydrogen) atoms. The minimum atomic E-state index is -1.04. The zero-order chi connectivity index (χ0) is 45.8. The normalized spacial score (nSPS) is 23.9. The van der Waals surface area contributed by atoms with Gasteiger partial charge in [-0.1, -0.05) is 42.5 Å². The first-order chi connectivity index (χ1) is 32.1. The molecule has 2 aliphatic heterocycles. The van der Waals surface area contributed by atoms with Gasteiger partial charge in [0, 0.05) is 49.2 Å². The fourth-order valence-corrected chi connectivity index (χ4v) is 11.0. The molecular weight excluding hydrogens is 841 g/mol. The van der Waals surface area contributed by atoms with Gasteiger partial charge in [0.05, 0.1) is 50.2 Å². The van der Waals surface area contributed by atoms with Gasteiger partial charge in [-0.15, -0.1) is 0 Å². The van der Waals surface area contributed by atoms with Crippen LogP contribution in [0.4, 0.5) is 28.8 Å². The highest BCUT2D eigenvalue weighted by atomic mass is 16.5. The number of rotatable bonds is 19. The number of nitrogens with one attached hydrogen (secondary N) is 4. The maximum absolute atomic E-state index is 13.3. The van der Waals surface area contributed by atoms with Crippen molar-refractivity contribution in [3.63, 3.8) is 0 Å². The van der Waals surface area contributed by atoms with E-state index in [0.717, 1.165) is 35.5 Å². The second-order valence-corrected chi connectivity index (χ2v) is 18.1. The molecule has 6 atom stereocenters. The van der Waals surface area contributed by atoms with Gasteiger partial charge in [-0.25, -0.2) is 4.98 Å². The highest BCUT2D eigenvalue weighted by molar-refractivity contribution is 6.25. The third-order valence-corrected chi connectivity index (χ3v) is 13.8. The van der Waals surface area contributed by atoms with Gasteiger partial charge in [0.2, 0.25) is 23.7 Å². The summed E-state index contributed by atoms with van der Waals surface area (Å²) in [5, 5.41) is 21.9. The molecule has 0 spiro atoms. The van der Waals surface area contributed by atoms with E-state index in [9.17, 15) is 29.2 Å². The molecule has 10 rings (SSSR count). The maximum Gasteiger partial charge on any atom is 0.264 e. The van der Waals surface area contributed by atoms with E-state index in [2.05, 4.69) is 49.4 Å². The molecule has 342 valence electrons. The number of benzene rings is 3. The molecule has 0 radical (unpaired) electrons. The molecule has 3 heterocycles. The van der Waals surface area contributed by atoms with Gasteiger partial charge in [0.15, 0.2) is 5.82 Å². The Balaban J connectivity index is 0.731. The lowest BCUT2D eigenvalue weighted by Gasteiger charge is -2.60. The van der Waals surface area contributed by atoms with Gasteiger partial charge in [-0.2, -0.15) is 10.2 Å². The Bertz CT molecular complexity index is 2530. The summed E-state index contributed by atoms with van der Waals surface area (Å²) in [6.45, 7) is 2.39. The number of fused-ring (bicyclic) bond motifs is 1. The first kappa shape index (κ1) is 44.5. The number of carbonyl (C=O) groups excluding carboxylic acids is 5. The van der Waals surface area contributed by atoms with Gasteiger partial charge >= 0.3 is 0 Å². The third-order valence-electron chi connectivity index (χ3n) is 13.8. The molecule has 3 aromatic carbocycles. The average molecular weight is 895 g/mol. The van der Waals surface area contributed by atoms with Crippen LogP contribution in [0, 0.1) is 34.5 Å². The number of hydrogen-bond donors (Lipinski definition) is 5. The summed E-state index contributed by atoms with van der Waals surface area (Å²) in [5.41, 5.74) is 10.5. The van der Waals surface area contributed by atoms with Crippen molar-refractivity contribution in [1.29, 1.82) is 5.26 Å². The minimum absolute atomic E-state index is 0.0458. The lowest BCUT2D eigenvalue weighted by atomic mass is 9.48. The molecule has 5 amide bonds. The number of imide groups is 2. The van der Waals surface area contributed by atoms with Crippen molar-refractivity contribution in [2.75, 3.05) is 60.4 Å². The van der Waals surface area contributed by atoms with Gasteiger partial charge in [-0.3, -0.25) is 34.2 Å². The van der Waals surface area contributed by atoms with Crippen LogP contribution in [0.3, 0.4) is 0 Å². The Morgan fingerprint density at radius 1 is 0.894 bits per heavy atom. The third kappa shape index (κ3) is 9.35. The van der Waals surface area contributed by atoms with E-state index in [1.54, 1.807) is 24.4 Å². The Labute approximate surface area is 382 Å². The fourth-order valence-electron chi connectivity index (χ4n) is 11.0. The van der Waals surface area contributed by atoms with Crippen molar-refractivity contribution in [3.05, 3.63) is 101 Å². The van der Waals surface area contributed by atoms with E-state index >= 15 is 0 Å². The first-order valence-corrected chi connectivity index (χ1v) is 22.8. The quantitative estimate of drug-likeness (QED) is 0.0607. The number of piperidine rings is 1. The van der Waals surface area contributed by atoms with E-state index in [4.69, 9.17) is 20.2 Å². The number of para-hydroxylation sites is 2. The highest BCUT2D eigenvalue weighted by Crippen LogP contribution is 2.60. The number of aromatic nitrogens is 2. The molecule has 4 bridgehead atoms. The van der Waals surface area contributed by atoms with Crippen LogP contribution in [0.15, 0.2) is 79.0 Å². The van der Waals surface area contributed by atoms with Crippen LogP contribution < -0.4 is 31.9 Å². The molecule has 1 aromatic heterocycles. The van der Waals surface area contributed by atoms with Gasteiger partial charge < -0.3 is 36.1 Å². The summed E-state index contributed by atoms with van der Waals surface area (Å²) in [5.74, 6) is 0.265. The smallest absolute Gasteiger partial charge is 0.264 e. The molecule has 4 aliphatic carbocycles. The number of anilines is 5. The average Bonchev–Trinajstić information content (AvgIpc) is 3.57. The zero-order valence-electron chi connectivity index (χ0n) is 36.7. The molecule has 17 heteroatoms. The van der Waals surface area contributed by atoms with Crippen LogP contribution >= 0.6 is 0 Å². The lowest BCUT2D eigenvalue weighted by Crippen LogP contribution is -2.59. The van der Waals surface area contributed by atoms with Crippen LogP contribution in [0.25, 0.3) is 0 Å². The second kappa shape index (κ2) is 19.4. The molecule has 5 fully saturated rings. The minimum Gasteiger partial charge on any atom is -0.382 e. The van der Waals surface area contributed by atoms with E-state index in [1.165, 1.54) is 19.3 Å². The Kier molecular flexibility index (Phi) is 13.1. The molecule has 4 unspecified atom stereocenters. The molecule has 6 aliphatic rings. The molecule has 4 saturated carbocycles. The number of nitriles is 1. The SMILES string of the molecule is N#Cc1cnc(NCc2ccccc2NC(=O)CCOCCOCCNc2cccc3c2C(=O)N(C2CCC(=O)NC2=O)C3=O)nc1N(CC12CC3C[C@H](C1)C(N)[C@@H](C3)C2)c1ccccc1. The topological polar surface area (TPSA) is 234 Å². The number of nitrogens with zero attached hydrogens (tertiary/aromatic N) is 5. The molecule has 4 aromatic rings. The zero-order valence-corrected chi connectivity index (χ0v) is 36.7. The Hall–Kier alpha value is -6.74. The van der Waals surface area contributed by atoms with Gasteiger partial charge in [-0.05, 0) is 97.6 Å². The number of amides is 5. The van der Waals surface area contributed by atoms with Crippen molar-refractivity contribution >= 4 is 58.4 Å². The van der Waals surface area contributed by atoms with Crippen LogP contribution in [-0.4, -0.2) is 96.0 Å². The summed E-state index contributed by atoms with van der Waals surface area (Å²) < 4.78 is 11.4. The molecule has 1 saturated heterocycles. The van der Waals surface area contributed by atoms with Crippen LogP contribution in [-0.2, 0) is 30.4 Å². The van der Waals surface area contributed by atoms with E-state index in [0.29, 0.717) is 59.5 Å². The summed E-state index contributed by atoms with van der Waals surface area (Å²) in [7, 11) is 0. The van der Waals surface area contributed by atoms with Gasteiger partial charge in [0.25, 0.3) is 11.8 Å². The highest BCUT2D eigenvalue weighted by Gasteiger charge is 2.55. The predicted molar refractivity (Wildman–Crippen MR) is 244 cm³/mol. The Morgan fingerprint density at radius 3 is 2.41 bits per heavy atom. The van der Waals surface area contributed by atoms with Crippen molar-refractivity contribution in [1.82, 2.24) is 20.2 Å². The summed E-state index contributed by atoms with van der Waals surface area (Å²) in [6, 6.07) is 24.1. The van der Waals surface area contributed by atoms with Crippen molar-refractivity contribution in [3.8, 4) is 6.07 Å². The van der Waals surface area contributed by atoms with Crippen molar-refractivity contribution in [2.24, 2.45) is 28.9 Å². The van der Waals surface area contributed by atoms with Crippen LogP contribution in [0.5, 0.6) is 0 Å².